The predicted octanol–water partition coefficient (Wildman–Crippen LogP) is 2.19. The van der Waals surface area contributed by atoms with Crippen LogP contribution in [-0.2, 0) is 10.5 Å². The quantitative estimate of drug-likeness (QED) is 0.634. The molecule has 4 heterocycles. The molecule has 1 atom stereocenters. The maximum absolute atomic E-state index is 11.9. The van der Waals surface area contributed by atoms with Crippen molar-refractivity contribution in [3.05, 3.63) is 27.1 Å². The molecule has 0 amide bonds. The largest absolute Gasteiger partial charge is 0.376 e. The normalized spacial score (nSPS) is 17.4. The van der Waals surface area contributed by atoms with Gasteiger partial charge < -0.3 is 10.1 Å². The minimum atomic E-state index is -0.147. The van der Waals surface area contributed by atoms with E-state index in [2.05, 4.69) is 25.6 Å². The van der Waals surface area contributed by atoms with Crippen molar-refractivity contribution in [3.8, 4) is 0 Å². The molecule has 4 rings (SSSR count). The average molecular weight is 397 g/mol. The van der Waals surface area contributed by atoms with Crippen molar-refractivity contribution < 1.29 is 4.74 Å². The highest BCUT2D eigenvalue weighted by Gasteiger charge is 2.16. The van der Waals surface area contributed by atoms with Gasteiger partial charge in [0, 0.05) is 24.9 Å². The number of aryl methyl sites for hydroxylation is 1. The summed E-state index contributed by atoms with van der Waals surface area (Å²) in [6.07, 6.45) is 2.50. The van der Waals surface area contributed by atoms with Gasteiger partial charge in [-0.3, -0.25) is 4.79 Å². The Kier molecular flexibility index (Phi) is 4.97. The fourth-order valence-corrected chi connectivity index (χ4v) is 5.18. The Morgan fingerprint density at radius 2 is 2.36 bits per heavy atom. The van der Waals surface area contributed by atoms with E-state index in [1.54, 1.807) is 11.8 Å². The summed E-state index contributed by atoms with van der Waals surface area (Å²) in [5, 5.41) is 17.6. The summed E-state index contributed by atoms with van der Waals surface area (Å²) >= 11 is 4.49. The van der Waals surface area contributed by atoms with Crippen LogP contribution in [0.25, 0.3) is 4.96 Å². The van der Waals surface area contributed by atoms with Gasteiger partial charge in [-0.2, -0.15) is 9.61 Å². The zero-order valence-electron chi connectivity index (χ0n) is 13.5. The zero-order valence-corrected chi connectivity index (χ0v) is 15.9. The molecule has 0 radical (unpaired) electrons. The molecule has 0 saturated carbocycles. The Labute approximate surface area is 155 Å². The van der Waals surface area contributed by atoms with Crippen molar-refractivity contribution in [1.29, 1.82) is 0 Å². The molecule has 0 spiro atoms. The smallest absolute Gasteiger partial charge is 0.275 e. The Balaban J connectivity index is 1.36. The minimum absolute atomic E-state index is 0.147. The second kappa shape index (κ2) is 7.36. The van der Waals surface area contributed by atoms with Crippen molar-refractivity contribution in [1.82, 2.24) is 24.8 Å². The Bertz CT molecular complexity index is 930. The molecule has 1 fully saturated rings. The SMILES string of the molecule is Cc1cc(=O)n2nc(CSc3nnc(NC[C@H]4CCCO4)s3)sc2n1. The van der Waals surface area contributed by atoms with Crippen molar-refractivity contribution >= 4 is 44.5 Å². The fraction of sp³-hybridized carbons (Fsp3) is 0.500. The molecule has 0 aromatic carbocycles. The third-order valence-electron chi connectivity index (χ3n) is 3.65. The molecule has 0 unspecified atom stereocenters. The van der Waals surface area contributed by atoms with E-state index in [1.807, 2.05) is 6.92 Å². The molecule has 1 aliphatic heterocycles. The number of hydrogen-bond donors (Lipinski definition) is 1. The van der Waals surface area contributed by atoms with Gasteiger partial charge in [-0.05, 0) is 19.8 Å². The van der Waals surface area contributed by atoms with Crippen molar-refractivity contribution in [2.24, 2.45) is 0 Å². The van der Waals surface area contributed by atoms with Crippen molar-refractivity contribution in [2.75, 3.05) is 18.5 Å². The van der Waals surface area contributed by atoms with Gasteiger partial charge >= 0.3 is 0 Å². The second-order valence-electron chi connectivity index (χ2n) is 5.60. The second-order valence-corrected chi connectivity index (χ2v) is 8.84. The van der Waals surface area contributed by atoms with Crippen LogP contribution in [0.1, 0.15) is 23.5 Å². The summed E-state index contributed by atoms with van der Waals surface area (Å²) < 4.78 is 7.80. The van der Waals surface area contributed by atoms with Crippen LogP contribution in [0.2, 0.25) is 0 Å². The van der Waals surface area contributed by atoms with Crippen LogP contribution in [0.4, 0.5) is 5.13 Å². The standard InChI is InChI=1S/C14H16N6O2S3/c1-8-5-11(21)20-13(16-8)24-10(19-20)7-23-14-18-17-12(25-14)15-6-9-3-2-4-22-9/h5,9H,2-4,6-7H2,1H3,(H,15,17)/t9-/m1/s1. The van der Waals surface area contributed by atoms with Gasteiger partial charge in [0.05, 0.1) is 11.9 Å². The number of aromatic nitrogens is 5. The predicted molar refractivity (Wildman–Crippen MR) is 98.8 cm³/mol. The molecule has 1 saturated heterocycles. The molecule has 8 nitrogen and oxygen atoms in total. The number of ether oxygens (including phenoxy) is 1. The lowest BCUT2D eigenvalue weighted by molar-refractivity contribution is 0.120. The summed E-state index contributed by atoms with van der Waals surface area (Å²) in [5.41, 5.74) is 0.561. The summed E-state index contributed by atoms with van der Waals surface area (Å²) in [5.74, 6) is 0.632. The number of nitrogens with one attached hydrogen (secondary N) is 1. The van der Waals surface area contributed by atoms with E-state index in [0.29, 0.717) is 16.4 Å². The third-order valence-corrected chi connectivity index (χ3v) is 6.76. The van der Waals surface area contributed by atoms with Crippen LogP contribution < -0.4 is 10.9 Å². The molecule has 1 N–H and O–H groups in total. The minimum Gasteiger partial charge on any atom is -0.376 e. The van der Waals surface area contributed by atoms with Gasteiger partial charge in [0.25, 0.3) is 5.56 Å². The highest BCUT2D eigenvalue weighted by atomic mass is 32.2. The van der Waals surface area contributed by atoms with Gasteiger partial charge in [-0.25, -0.2) is 4.98 Å². The van der Waals surface area contributed by atoms with E-state index in [4.69, 9.17) is 4.74 Å². The monoisotopic (exact) mass is 396 g/mol. The number of nitrogens with zero attached hydrogens (tertiary/aromatic N) is 5. The summed E-state index contributed by atoms with van der Waals surface area (Å²) in [6, 6.07) is 1.49. The average Bonchev–Trinajstić information content (AvgIpc) is 3.31. The number of fused-ring (bicyclic) bond motifs is 1. The number of anilines is 1. The molecule has 3 aromatic rings. The molecular weight excluding hydrogens is 380 g/mol. The Hall–Kier alpha value is -1.56. The Morgan fingerprint density at radius 3 is 3.20 bits per heavy atom. The van der Waals surface area contributed by atoms with Gasteiger partial charge in [0.15, 0.2) is 4.34 Å². The van der Waals surface area contributed by atoms with Crippen LogP contribution in [0.3, 0.4) is 0 Å². The maximum atomic E-state index is 11.9. The molecular formula is C14H16N6O2S3. The van der Waals surface area contributed by atoms with Crippen LogP contribution in [0.15, 0.2) is 15.2 Å². The summed E-state index contributed by atoms with van der Waals surface area (Å²) in [7, 11) is 0. The molecule has 132 valence electrons. The summed E-state index contributed by atoms with van der Waals surface area (Å²) in [4.78, 5) is 16.9. The maximum Gasteiger partial charge on any atom is 0.275 e. The third kappa shape index (κ3) is 4.00. The molecule has 11 heteroatoms. The van der Waals surface area contributed by atoms with E-state index in [0.717, 1.165) is 40.5 Å². The lowest BCUT2D eigenvalue weighted by Crippen LogP contribution is -2.18. The topological polar surface area (TPSA) is 94.3 Å². The van der Waals surface area contributed by atoms with Gasteiger partial charge in [0.2, 0.25) is 10.1 Å². The fourth-order valence-electron chi connectivity index (χ4n) is 2.49. The summed E-state index contributed by atoms with van der Waals surface area (Å²) in [6.45, 7) is 3.43. The first-order valence-corrected chi connectivity index (χ1v) is 10.5. The van der Waals surface area contributed by atoms with E-state index < -0.39 is 0 Å². The van der Waals surface area contributed by atoms with Crippen LogP contribution >= 0.6 is 34.4 Å². The van der Waals surface area contributed by atoms with E-state index >= 15 is 0 Å². The lowest BCUT2D eigenvalue weighted by atomic mass is 10.2. The van der Waals surface area contributed by atoms with Crippen LogP contribution in [0, 0.1) is 6.92 Å². The zero-order chi connectivity index (χ0) is 17.2. The lowest BCUT2D eigenvalue weighted by Gasteiger charge is -2.08. The van der Waals surface area contributed by atoms with Crippen LogP contribution in [0.5, 0.6) is 0 Å². The van der Waals surface area contributed by atoms with Gasteiger partial charge in [0.1, 0.15) is 5.01 Å². The van der Waals surface area contributed by atoms with Crippen molar-refractivity contribution in [3.63, 3.8) is 0 Å². The molecule has 25 heavy (non-hydrogen) atoms. The molecule has 0 bridgehead atoms. The molecule has 0 aliphatic carbocycles. The highest BCUT2D eigenvalue weighted by molar-refractivity contribution is 8.00. The first-order chi connectivity index (χ1) is 12.2. The highest BCUT2D eigenvalue weighted by Crippen LogP contribution is 2.29. The van der Waals surface area contributed by atoms with E-state index in [1.165, 1.54) is 33.3 Å². The van der Waals surface area contributed by atoms with Gasteiger partial charge in [-0.1, -0.05) is 34.4 Å². The van der Waals surface area contributed by atoms with E-state index in [9.17, 15) is 4.79 Å². The van der Waals surface area contributed by atoms with Gasteiger partial charge in [-0.15, -0.1) is 10.2 Å². The number of hydrogen-bond acceptors (Lipinski definition) is 10. The number of thioether (sulfide) groups is 1. The first-order valence-electron chi connectivity index (χ1n) is 7.85. The number of rotatable bonds is 6. The molecule has 3 aromatic heterocycles. The van der Waals surface area contributed by atoms with Crippen molar-refractivity contribution in [2.45, 2.75) is 36.0 Å². The van der Waals surface area contributed by atoms with Crippen LogP contribution in [-0.4, -0.2) is 44.1 Å². The first kappa shape index (κ1) is 16.9. The Morgan fingerprint density at radius 1 is 1.44 bits per heavy atom. The molecule has 1 aliphatic rings. The van der Waals surface area contributed by atoms with E-state index in [-0.39, 0.29) is 11.7 Å².